The Balaban J connectivity index is 0.000000248. The molecule has 6 nitrogen and oxygen atoms in total. The Kier molecular flexibility index (Phi) is 8.06. The lowest BCUT2D eigenvalue weighted by atomic mass is 9.80. The van der Waals surface area contributed by atoms with Crippen molar-refractivity contribution in [3.63, 3.8) is 0 Å². The SMILES string of the molecule is CC1(C)OB(c2ccnc(OC(F)F)c2)OC1(C)C.FC(F)Oc1cc(Br)ccn1. The van der Waals surface area contributed by atoms with Crippen LogP contribution in [0.2, 0.25) is 0 Å². The standard InChI is InChI=1S/C12H16BF2NO3.C6H4BrF2NO/c1-11(2)12(3,4)19-13(18-11)8-5-6-16-9(7-8)17-10(14)15;7-4-1-2-10-5(3-4)11-6(8)9/h5-7,10H,1-4H3;1-3,6H. The molecule has 3 rings (SSSR count). The largest absolute Gasteiger partial charge is 0.495 e. The van der Waals surface area contributed by atoms with E-state index in [2.05, 4.69) is 35.4 Å². The summed E-state index contributed by atoms with van der Waals surface area (Å²) < 4.78 is 68.0. The van der Waals surface area contributed by atoms with Gasteiger partial charge in [0.25, 0.3) is 0 Å². The Morgan fingerprint density at radius 1 is 0.867 bits per heavy atom. The minimum Gasteiger partial charge on any atom is -0.417 e. The van der Waals surface area contributed by atoms with E-state index >= 15 is 0 Å². The summed E-state index contributed by atoms with van der Waals surface area (Å²) in [5.41, 5.74) is -0.362. The molecule has 12 heteroatoms. The lowest BCUT2D eigenvalue weighted by Gasteiger charge is -2.32. The molecule has 1 saturated heterocycles. The molecule has 0 atom stereocenters. The van der Waals surface area contributed by atoms with E-state index in [1.807, 2.05) is 27.7 Å². The number of ether oxygens (including phenoxy) is 2. The highest BCUT2D eigenvalue weighted by Gasteiger charge is 2.51. The molecule has 3 heterocycles. The van der Waals surface area contributed by atoms with E-state index in [9.17, 15) is 17.6 Å². The third-order valence-corrected chi connectivity index (χ3v) is 4.89. The smallest absolute Gasteiger partial charge is 0.417 e. The van der Waals surface area contributed by atoms with Crippen LogP contribution in [0.25, 0.3) is 0 Å². The predicted octanol–water partition coefficient (Wildman–Crippen LogP) is 4.43. The van der Waals surface area contributed by atoms with Gasteiger partial charge in [-0.25, -0.2) is 9.97 Å². The normalized spacial score (nSPS) is 17.0. The van der Waals surface area contributed by atoms with Gasteiger partial charge in [-0.3, -0.25) is 0 Å². The number of nitrogens with zero attached hydrogens (tertiary/aromatic N) is 2. The average molecular weight is 495 g/mol. The van der Waals surface area contributed by atoms with Crippen molar-refractivity contribution in [2.75, 3.05) is 0 Å². The molecule has 0 N–H and O–H groups in total. The van der Waals surface area contributed by atoms with Gasteiger partial charge < -0.3 is 18.8 Å². The predicted molar refractivity (Wildman–Crippen MR) is 105 cm³/mol. The van der Waals surface area contributed by atoms with Gasteiger partial charge in [-0.2, -0.15) is 17.6 Å². The first kappa shape index (κ1) is 24.4. The van der Waals surface area contributed by atoms with Crippen LogP contribution >= 0.6 is 15.9 Å². The van der Waals surface area contributed by atoms with E-state index in [-0.39, 0.29) is 11.8 Å². The number of hydrogen-bond donors (Lipinski definition) is 0. The van der Waals surface area contributed by atoms with Gasteiger partial charge in [-0.05, 0) is 45.3 Å². The van der Waals surface area contributed by atoms with Gasteiger partial charge in [0.15, 0.2) is 0 Å². The molecule has 0 amide bonds. The molecule has 0 radical (unpaired) electrons. The van der Waals surface area contributed by atoms with Gasteiger partial charge in [0, 0.05) is 29.0 Å². The molecule has 0 saturated carbocycles. The molecule has 30 heavy (non-hydrogen) atoms. The molecule has 0 spiro atoms. The molecule has 2 aromatic rings. The van der Waals surface area contributed by atoms with Gasteiger partial charge in [-0.1, -0.05) is 15.9 Å². The number of pyridine rings is 2. The Bertz CT molecular complexity index is 829. The Morgan fingerprint density at radius 2 is 1.33 bits per heavy atom. The van der Waals surface area contributed by atoms with Crippen LogP contribution in [0.15, 0.2) is 41.1 Å². The van der Waals surface area contributed by atoms with E-state index < -0.39 is 31.5 Å². The maximum Gasteiger partial charge on any atom is 0.495 e. The summed E-state index contributed by atoms with van der Waals surface area (Å²) >= 11 is 3.09. The van der Waals surface area contributed by atoms with Crippen molar-refractivity contribution in [3.05, 3.63) is 41.1 Å². The van der Waals surface area contributed by atoms with Gasteiger partial charge in [0.1, 0.15) is 0 Å². The lowest BCUT2D eigenvalue weighted by Crippen LogP contribution is -2.41. The zero-order valence-electron chi connectivity index (χ0n) is 16.6. The molecule has 2 aromatic heterocycles. The molecular formula is C18H20BBrF4N2O4. The van der Waals surface area contributed by atoms with Crippen molar-refractivity contribution in [2.45, 2.75) is 52.1 Å². The van der Waals surface area contributed by atoms with E-state index in [4.69, 9.17) is 9.31 Å². The first-order valence-electron chi connectivity index (χ1n) is 8.72. The van der Waals surface area contributed by atoms with Crippen LogP contribution < -0.4 is 14.9 Å². The number of aromatic nitrogens is 2. The van der Waals surface area contributed by atoms with Crippen molar-refractivity contribution in [1.29, 1.82) is 0 Å². The van der Waals surface area contributed by atoms with Gasteiger partial charge >= 0.3 is 20.3 Å². The zero-order chi connectivity index (χ0) is 22.5. The minimum atomic E-state index is -2.90. The van der Waals surface area contributed by atoms with Gasteiger partial charge in [-0.15, -0.1) is 0 Å². The van der Waals surface area contributed by atoms with Crippen LogP contribution in [0.5, 0.6) is 11.8 Å². The van der Waals surface area contributed by atoms with Crippen molar-refractivity contribution >= 4 is 28.5 Å². The van der Waals surface area contributed by atoms with E-state index in [1.165, 1.54) is 24.5 Å². The summed E-state index contributed by atoms with van der Waals surface area (Å²) in [6.07, 6.45) is 2.76. The van der Waals surface area contributed by atoms with E-state index in [0.717, 1.165) is 0 Å². The maximum atomic E-state index is 12.2. The highest BCUT2D eigenvalue weighted by atomic mass is 79.9. The summed E-state index contributed by atoms with van der Waals surface area (Å²) in [5.74, 6) is -0.239. The molecular weight excluding hydrogens is 475 g/mol. The van der Waals surface area contributed by atoms with Gasteiger partial charge in [0.2, 0.25) is 11.8 Å². The topological polar surface area (TPSA) is 62.7 Å². The second-order valence-corrected chi connectivity index (χ2v) is 8.00. The molecule has 0 aliphatic carbocycles. The number of hydrogen-bond acceptors (Lipinski definition) is 6. The van der Waals surface area contributed by atoms with E-state index in [1.54, 1.807) is 12.1 Å². The average Bonchev–Trinajstić information content (AvgIpc) is 2.82. The van der Waals surface area contributed by atoms with Crippen molar-refractivity contribution in [3.8, 4) is 11.8 Å². The Labute approximate surface area is 180 Å². The summed E-state index contributed by atoms with van der Waals surface area (Å²) in [5, 5.41) is 0. The minimum absolute atomic E-state index is 0.0885. The van der Waals surface area contributed by atoms with Gasteiger partial charge in [0.05, 0.1) is 11.2 Å². The van der Waals surface area contributed by atoms with Crippen LogP contribution in [0.1, 0.15) is 27.7 Å². The monoisotopic (exact) mass is 494 g/mol. The zero-order valence-corrected chi connectivity index (χ0v) is 18.2. The fraction of sp³-hybridized carbons (Fsp3) is 0.444. The highest BCUT2D eigenvalue weighted by molar-refractivity contribution is 9.10. The van der Waals surface area contributed by atoms with Crippen LogP contribution in [0, 0.1) is 0 Å². The second kappa shape index (κ2) is 9.93. The van der Waals surface area contributed by atoms with Crippen LogP contribution in [0.4, 0.5) is 17.6 Å². The molecule has 1 aliphatic rings. The van der Waals surface area contributed by atoms with Crippen molar-refractivity contribution < 1.29 is 36.3 Å². The highest BCUT2D eigenvalue weighted by Crippen LogP contribution is 2.36. The third-order valence-electron chi connectivity index (χ3n) is 4.40. The molecule has 164 valence electrons. The first-order valence-corrected chi connectivity index (χ1v) is 9.52. The first-order chi connectivity index (χ1) is 13.9. The van der Waals surface area contributed by atoms with Crippen LogP contribution in [-0.4, -0.2) is 41.5 Å². The summed E-state index contributed by atoms with van der Waals surface area (Å²) in [4.78, 5) is 7.26. The number of alkyl halides is 4. The Hall–Kier alpha value is -1.92. The maximum absolute atomic E-state index is 12.2. The number of rotatable bonds is 5. The molecule has 0 unspecified atom stereocenters. The third kappa shape index (κ3) is 6.81. The summed E-state index contributed by atoms with van der Waals surface area (Å²) in [6, 6.07) is 6.04. The fourth-order valence-electron chi connectivity index (χ4n) is 2.25. The molecule has 1 aliphatic heterocycles. The second-order valence-electron chi connectivity index (χ2n) is 7.08. The quantitative estimate of drug-likeness (QED) is 0.452. The van der Waals surface area contributed by atoms with Crippen LogP contribution in [0.3, 0.4) is 0 Å². The summed E-state index contributed by atoms with van der Waals surface area (Å²) in [7, 11) is -0.618. The van der Waals surface area contributed by atoms with Crippen molar-refractivity contribution in [2.24, 2.45) is 0 Å². The van der Waals surface area contributed by atoms with E-state index in [0.29, 0.717) is 9.94 Å². The molecule has 0 aromatic carbocycles. The fourth-order valence-corrected chi connectivity index (χ4v) is 2.56. The Morgan fingerprint density at radius 3 is 1.80 bits per heavy atom. The van der Waals surface area contributed by atoms with Crippen molar-refractivity contribution in [1.82, 2.24) is 9.97 Å². The lowest BCUT2D eigenvalue weighted by molar-refractivity contribution is -0.0535. The number of halogens is 5. The summed E-state index contributed by atoms with van der Waals surface area (Å²) in [6.45, 7) is 1.96. The van der Waals surface area contributed by atoms with Crippen LogP contribution in [-0.2, 0) is 9.31 Å². The molecule has 0 bridgehead atoms. The molecule has 1 fully saturated rings.